The molecule has 2 aromatic carbocycles. The number of nitrogens with one attached hydrogen (secondary N) is 1. The normalized spacial score (nSPS) is 11.0. The molecular formula is C17H10F3IN2O3. The van der Waals surface area contributed by atoms with Gasteiger partial charge in [-0.1, -0.05) is 0 Å². The predicted octanol–water partition coefficient (Wildman–Crippen LogP) is 4.00. The Labute approximate surface area is 158 Å². The van der Waals surface area contributed by atoms with Crippen molar-refractivity contribution in [1.82, 2.24) is 4.57 Å². The average molecular weight is 474 g/mol. The molecule has 0 amide bonds. The van der Waals surface area contributed by atoms with Gasteiger partial charge in [0.05, 0.1) is 22.3 Å². The van der Waals surface area contributed by atoms with Gasteiger partial charge in [0.2, 0.25) is 5.43 Å². The number of rotatable bonds is 3. The van der Waals surface area contributed by atoms with Gasteiger partial charge in [-0.2, -0.15) is 0 Å². The molecule has 0 fully saturated rings. The second-order valence-corrected chi connectivity index (χ2v) is 6.72. The number of carboxylic acids is 1. The van der Waals surface area contributed by atoms with Crippen LogP contribution in [0.1, 0.15) is 10.4 Å². The quantitative estimate of drug-likeness (QED) is 0.564. The molecule has 0 saturated heterocycles. The minimum Gasteiger partial charge on any atom is -0.477 e. The van der Waals surface area contributed by atoms with Crippen LogP contribution in [0.5, 0.6) is 0 Å². The molecule has 0 radical (unpaired) electrons. The summed E-state index contributed by atoms with van der Waals surface area (Å²) < 4.78 is 44.4. The number of hydrogen-bond donors (Lipinski definition) is 2. The summed E-state index contributed by atoms with van der Waals surface area (Å²) >= 11 is 1.89. The van der Waals surface area contributed by atoms with Gasteiger partial charge in [-0.15, -0.1) is 0 Å². The van der Waals surface area contributed by atoms with Crippen molar-refractivity contribution < 1.29 is 23.1 Å². The van der Waals surface area contributed by atoms with Crippen molar-refractivity contribution in [2.75, 3.05) is 5.32 Å². The van der Waals surface area contributed by atoms with Gasteiger partial charge >= 0.3 is 5.97 Å². The number of aryl methyl sites for hydroxylation is 1. The Balaban J connectivity index is 2.37. The molecule has 0 aliphatic carbocycles. The summed E-state index contributed by atoms with van der Waals surface area (Å²) in [6, 6.07) is 4.62. The molecular weight excluding hydrogens is 464 g/mol. The van der Waals surface area contributed by atoms with Crippen LogP contribution < -0.4 is 10.7 Å². The zero-order valence-corrected chi connectivity index (χ0v) is 15.3. The second-order valence-electron chi connectivity index (χ2n) is 5.48. The van der Waals surface area contributed by atoms with Gasteiger partial charge < -0.3 is 15.0 Å². The average Bonchev–Trinajstić information content (AvgIpc) is 2.54. The van der Waals surface area contributed by atoms with Crippen LogP contribution in [-0.2, 0) is 7.05 Å². The van der Waals surface area contributed by atoms with Crippen molar-refractivity contribution in [1.29, 1.82) is 0 Å². The van der Waals surface area contributed by atoms with E-state index in [1.807, 2.05) is 22.6 Å². The molecule has 0 spiro atoms. The number of nitrogens with zero attached hydrogens (tertiary/aromatic N) is 1. The molecule has 3 aromatic rings. The molecule has 0 saturated carbocycles. The first-order valence-electron chi connectivity index (χ1n) is 7.17. The first-order chi connectivity index (χ1) is 12.2. The number of carbonyl (C=O) groups is 1. The van der Waals surface area contributed by atoms with Gasteiger partial charge in [0.25, 0.3) is 0 Å². The van der Waals surface area contributed by atoms with Crippen LogP contribution in [0.15, 0.2) is 35.3 Å². The number of pyridine rings is 1. The van der Waals surface area contributed by atoms with Gasteiger partial charge in [-0.05, 0) is 40.8 Å². The minimum absolute atomic E-state index is 0.139. The molecule has 0 atom stereocenters. The number of benzene rings is 2. The monoisotopic (exact) mass is 474 g/mol. The van der Waals surface area contributed by atoms with Crippen LogP contribution in [0.4, 0.5) is 24.5 Å². The van der Waals surface area contributed by atoms with E-state index in [0.29, 0.717) is 9.64 Å². The number of anilines is 2. The van der Waals surface area contributed by atoms with Crippen molar-refractivity contribution in [3.05, 3.63) is 67.3 Å². The number of hydrogen-bond acceptors (Lipinski definition) is 3. The highest BCUT2D eigenvalue weighted by molar-refractivity contribution is 14.1. The van der Waals surface area contributed by atoms with Gasteiger partial charge in [-0.25, -0.2) is 18.0 Å². The molecule has 9 heteroatoms. The van der Waals surface area contributed by atoms with Crippen LogP contribution in [0, 0.1) is 21.0 Å². The Hall–Kier alpha value is -2.56. The topological polar surface area (TPSA) is 71.3 Å². The number of aromatic carboxylic acids is 1. The number of halogens is 4. The van der Waals surface area contributed by atoms with E-state index in [1.54, 1.807) is 6.07 Å². The first kappa shape index (κ1) is 18.2. The van der Waals surface area contributed by atoms with Crippen LogP contribution in [0.25, 0.3) is 10.9 Å². The zero-order valence-electron chi connectivity index (χ0n) is 13.1. The summed E-state index contributed by atoms with van der Waals surface area (Å²) in [7, 11) is 1.32. The Morgan fingerprint density at radius 3 is 2.46 bits per heavy atom. The largest absolute Gasteiger partial charge is 0.477 e. The van der Waals surface area contributed by atoms with Crippen molar-refractivity contribution in [2.24, 2.45) is 7.05 Å². The van der Waals surface area contributed by atoms with E-state index in [2.05, 4.69) is 5.32 Å². The van der Waals surface area contributed by atoms with Crippen LogP contribution in [0.2, 0.25) is 0 Å². The summed E-state index contributed by atoms with van der Waals surface area (Å²) in [5.74, 6) is -4.43. The standard InChI is InChI=1S/C17H10F3IN2O3/c1-23-6-8(17(25)26)16(24)13-14(10(19)5-11(20)15(13)23)22-12-3-2-7(21)4-9(12)18/h2-6,22H,1H3,(H,25,26). The maximum Gasteiger partial charge on any atom is 0.341 e. The Morgan fingerprint density at radius 2 is 1.85 bits per heavy atom. The molecule has 134 valence electrons. The molecule has 0 aliphatic heterocycles. The van der Waals surface area contributed by atoms with E-state index in [1.165, 1.54) is 19.2 Å². The van der Waals surface area contributed by atoms with E-state index in [9.17, 15) is 22.8 Å². The lowest BCUT2D eigenvalue weighted by atomic mass is 10.1. The molecule has 2 N–H and O–H groups in total. The Kier molecular flexibility index (Phi) is 4.65. The fraction of sp³-hybridized carbons (Fsp3) is 0.0588. The maximum atomic E-state index is 14.4. The summed E-state index contributed by atoms with van der Waals surface area (Å²) in [6.45, 7) is 0. The summed E-state index contributed by atoms with van der Waals surface area (Å²) in [5.41, 5.74) is -2.66. The van der Waals surface area contributed by atoms with Gasteiger partial charge in [0, 0.05) is 22.9 Å². The van der Waals surface area contributed by atoms with Gasteiger partial charge in [0.1, 0.15) is 17.2 Å². The minimum atomic E-state index is -1.54. The van der Waals surface area contributed by atoms with Crippen LogP contribution in [-0.4, -0.2) is 15.6 Å². The van der Waals surface area contributed by atoms with Crippen LogP contribution >= 0.6 is 22.6 Å². The highest BCUT2D eigenvalue weighted by Gasteiger charge is 2.22. The number of aromatic nitrogens is 1. The molecule has 3 rings (SSSR count). The highest BCUT2D eigenvalue weighted by Crippen LogP contribution is 2.31. The molecule has 0 aliphatic rings. The van der Waals surface area contributed by atoms with Crippen molar-refractivity contribution in [2.45, 2.75) is 0 Å². The van der Waals surface area contributed by atoms with E-state index in [0.717, 1.165) is 10.8 Å². The molecule has 5 nitrogen and oxygen atoms in total. The summed E-state index contributed by atoms with van der Waals surface area (Å²) in [6.07, 6.45) is 0.948. The lowest BCUT2D eigenvalue weighted by molar-refractivity contribution is 0.0695. The van der Waals surface area contributed by atoms with E-state index >= 15 is 0 Å². The van der Waals surface area contributed by atoms with Crippen molar-refractivity contribution >= 4 is 50.8 Å². The summed E-state index contributed by atoms with van der Waals surface area (Å²) in [5, 5.41) is 11.1. The third kappa shape index (κ3) is 3.02. The van der Waals surface area contributed by atoms with Crippen molar-refractivity contribution in [3.63, 3.8) is 0 Å². The van der Waals surface area contributed by atoms with Crippen molar-refractivity contribution in [3.8, 4) is 0 Å². The Bertz CT molecular complexity index is 1130. The molecule has 0 bridgehead atoms. The second kappa shape index (κ2) is 6.63. The third-order valence-corrected chi connectivity index (χ3v) is 4.44. The molecule has 1 aromatic heterocycles. The van der Waals surface area contributed by atoms with Gasteiger partial charge in [-0.3, -0.25) is 4.79 Å². The van der Waals surface area contributed by atoms with Gasteiger partial charge in [0.15, 0.2) is 5.82 Å². The number of fused-ring (bicyclic) bond motifs is 1. The lowest BCUT2D eigenvalue weighted by Gasteiger charge is -2.15. The van der Waals surface area contributed by atoms with E-state index < -0.39 is 45.5 Å². The predicted molar refractivity (Wildman–Crippen MR) is 98.5 cm³/mol. The van der Waals surface area contributed by atoms with E-state index in [-0.39, 0.29) is 11.2 Å². The fourth-order valence-corrected chi connectivity index (χ4v) is 3.08. The fourth-order valence-electron chi connectivity index (χ4n) is 2.63. The summed E-state index contributed by atoms with van der Waals surface area (Å²) in [4.78, 5) is 23.8. The smallest absolute Gasteiger partial charge is 0.341 e. The third-order valence-electron chi connectivity index (χ3n) is 3.77. The number of carboxylic acid groups (broad SMARTS) is 1. The molecule has 1 heterocycles. The molecule has 26 heavy (non-hydrogen) atoms. The van der Waals surface area contributed by atoms with E-state index in [4.69, 9.17) is 5.11 Å². The lowest BCUT2D eigenvalue weighted by Crippen LogP contribution is -2.20. The Morgan fingerprint density at radius 1 is 1.15 bits per heavy atom. The van der Waals surface area contributed by atoms with Crippen LogP contribution in [0.3, 0.4) is 0 Å². The zero-order chi connectivity index (χ0) is 19.2. The highest BCUT2D eigenvalue weighted by atomic mass is 127. The first-order valence-corrected chi connectivity index (χ1v) is 8.25. The maximum absolute atomic E-state index is 14.4. The molecule has 0 unspecified atom stereocenters. The SMILES string of the molecule is Cn1cc(C(=O)O)c(=O)c2c(Nc3ccc(I)cc3F)c(F)cc(F)c21.